The zero-order chi connectivity index (χ0) is 16.0. The van der Waals surface area contributed by atoms with Crippen LogP contribution in [0, 0.1) is 6.92 Å². The van der Waals surface area contributed by atoms with Crippen LogP contribution in [0.2, 0.25) is 0 Å². The van der Waals surface area contributed by atoms with Gasteiger partial charge in [-0.2, -0.15) is 0 Å². The molecule has 0 saturated heterocycles. The highest BCUT2D eigenvalue weighted by Crippen LogP contribution is 2.35. The fourth-order valence-electron chi connectivity index (χ4n) is 3.89. The maximum Gasteiger partial charge on any atom is 0.256 e. The average molecular weight is 306 g/mol. The number of carbonyl (C=O) groups is 1. The molecular weight excluding hydrogens is 284 g/mol. The number of H-pyrrole nitrogens is 1. The second-order valence-corrected chi connectivity index (χ2v) is 6.60. The molecule has 0 bridgehead atoms. The van der Waals surface area contributed by atoms with E-state index in [0.717, 1.165) is 35.4 Å². The van der Waals surface area contributed by atoms with Crippen molar-refractivity contribution in [3.05, 3.63) is 51.8 Å². The molecule has 4 rings (SSSR count). The van der Waals surface area contributed by atoms with E-state index in [-0.39, 0.29) is 5.91 Å². The van der Waals surface area contributed by atoms with E-state index in [1.54, 1.807) is 0 Å². The highest BCUT2D eigenvalue weighted by molar-refractivity contribution is 6.34. The summed E-state index contributed by atoms with van der Waals surface area (Å²) < 4.78 is 0. The van der Waals surface area contributed by atoms with Gasteiger partial charge in [-0.1, -0.05) is 18.6 Å². The quantitative estimate of drug-likeness (QED) is 0.800. The predicted molar refractivity (Wildman–Crippen MR) is 94.5 cm³/mol. The number of carbonyl (C=O) groups excluding carboxylic acids is 1. The fourth-order valence-corrected chi connectivity index (χ4v) is 3.89. The molecule has 118 valence electrons. The van der Waals surface area contributed by atoms with E-state index < -0.39 is 0 Å². The van der Waals surface area contributed by atoms with Gasteiger partial charge in [0.2, 0.25) is 0 Å². The molecule has 2 N–H and O–H groups in total. The highest BCUT2D eigenvalue weighted by Gasteiger charge is 2.25. The van der Waals surface area contributed by atoms with Crippen LogP contribution in [-0.2, 0) is 24.1 Å². The van der Waals surface area contributed by atoms with E-state index in [2.05, 4.69) is 36.3 Å². The van der Waals surface area contributed by atoms with Crippen LogP contribution >= 0.6 is 0 Å². The lowest BCUT2D eigenvalue weighted by Crippen LogP contribution is -2.03. The summed E-state index contributed by atoms with van der Waals surface area (Å²) in [7, 11) is 0. The largest absolute Gasteiger partial charge is 0.358 e. The van der Waals surface area contributed by atoms with Gasteiger partial charge in [0.25, 0.3) is 5.91 Å². The average Bonchev–Trinajstić information content (AvgIpc) is 3.05. The maximum absolute atomic E-state index is 12.4. The summed E-state index contributed by atoms with van der Waals surface area (Å²) in [6.07, 6.45) is 7.89. The zero-order valence-electron chi connectivity index (χ0n) is 13.8. The van der Waals surface area contributed by atoms with Gasteiger partial charge in [0.1, 0.15) is 0 Å². The third-order valence-electron chi connectivity index (χ3n) is 5.04. The molecule has 2 aliphatic rings. The lowest BCUT2D eigenvalue weighted by molar-refractivity contribution is -0.110. The van der Waals surface area contributed by atoms with Gasteiger partial charge in [-0.25, -0.2) is 0 Å². The number of nitrogens with one attached hydrogen (secondary N) is 2. The Labute approximate surface area is 136 Å². The molecule has 1 aliphatic heterocycles. The van der Waals surface area contributed by atoms with Crippen LogP contribution in [-0.4, -0.2) is 10.9 Å². The van der Waals surface area contributed by atoms with Crippen LogP contribution < -0.4 is 5.32 Å². The molecular formula is C20H22N2O. The molecule has 1 aromatic carbocycles. The standard InChI is InChI=1S/C20H22N2O/c1-3-13-14-6-4-5-7-17(14)21-19(13)11-16-15-10-12(2)8-9-18(15)22-20(16)23/h8-11,21H,3-7H2,1-2H3,(H,22,23). The minimum absolute atomic E-state index is 0.000208. The third kappa shape index (κ3) is 2.31. The summed E-state index contributed by atoms with van der Waals surface area (Å²) in [6.45, 7) is 4.26. The molecule has 1 amide bonds. The van der Waals surface area contributed by atoms with Crippen LogP contribution in [0.1, 0.15) is 53.4 Å². The molecule has 2 heterocycles. The summed E-state index contributed by atoms with van der Waals surface area (Å²) in [5.41, 5.74) is 9.27. The van der Waals surface area contributed by atoms with Crippen molar-refractivity contribution in [1.82, 2.24) is 4.98 Å². The van der Waals surface area contributed by atoms with Crippen LogP contribution in [0.15, 0.2) is 18.2 Å². The van der Waals surface area contributed by atoms with Crippen LogP contribution in [0.5, 0.6) is 0 Å². The van der Waals surface area contributed by atoms with Crippen molar-refractivity contribution in [1.29, 1.82) is 0 Å². The normalized spacial score (nSPS) is 18.0. The number of anilines is 1. The Bertz CT molecular complexity index is 826. The van der Waals surface area contributed by atoms with Crippen molar-refractivity contribution in [2.24, 2.45) is 0 Å². The molecule has 0 radical (unpaired) electrons. The van der Waals surface area contributed by atoms with E-state index in [9.17, 15) is 4.79 Å². The summed E-state index contributed by atoms with van der Waals surface area (Å²) in [4.78, 5) is 16.0. The topological polar surface area (TPSA) is 44.9 Å². The Hall–Kier alpha value is -2.29. The first-order chi connectivity index (χ1) is 11.2. The van der Waals surface area contributed by atoms with Crippen LogP contribution in [0.25, 0.3) is 11.6 Å². The van der Waals surface area contributed by atoms with Gasteiger partial charge in [0.15, 0.2) is 0 Å². The molecule has 0 fully saturated rings. The van der Waals surface area contributed by atoms with Gasteiger partial charge in [-0.3, -0.25) is 4.79 Å². The Kier molecular flexibility index (Phi) is 3.37. The Morgan fingerprint density at radius 2 is 2.04 bits per heavy atom. The Morgan fingerprint density at radius 3 is 2.87 bits per heavy atom. The van der Waals surface area contributed by atoms with Crippen LogP contribution in [0.4, 0.5) is 5.69 Å². The van der Waals surface area contributed by atoms with Crippen molar-refractivity contribution in [2.45, 2.75) is 46.0 Å². The number of aryl methyl sites for hydroxylation is 2. The summed E-state index contributed by atoms with van der Waals surface area (Å²) in [5, 5.41) is 2.97. The van der Waals surface area contributed by atoms with E-state index in [4.69, 9.17) is 0 Å². The summed E-state index contributed by atoms with van der Waals surface area (Å²) in [6, 6.07) is 6.12. The molecule has 0 atom stereocenters. The molecule has 2 aromatic rings. The summed E-state index contributed by atoms with van der Waals surface area (Å²) in [5.74, 6) is 0.000208. The monoisotopic (exact) mass is 306 g/mol. The number of hydrogen-bond acceptors (Lipinski definition) is 1. The van der Waals surface area contributed by atoms with Gasteiger partial charge >= 0.3 is 0 Å². The van der Waals surface area contributed by atoms with Crippen molar-refractivity contribution >= 4 is 23.2 Å². The van der Waals surface area contributed by atoms with E-state index in [0.29, 0.717) is 0 Å². The second kappa shape index (κ2) is 5.41. The lowest BCUT2D eigenvalue weighted by atomic mass is 9.93. The van der Waals surface area contributed by atoms with Gasteiger partial charge in [-0.15, -0.1) is 0 Å². The molecule has 1 aliphatic carbocycles. The lowest BCUT2D eigenvalue weighted by Gasteiger charge is -2.11. The molecule has 0 spiro atoms. The number of benzene rings is 1. The zero-order valence-corrected chi connectivity index (χ0v) is 13.8. The van der Waals surface area contributed by atoms with Crippen molar-refractivity contribution in [3.8, 4) is 0 Å². The van der Waals surface area contributed by atoms with Gasteiger partial charge in [0.05, 0.1) is 5.57 Å². The highest BCUT2D eigenvalue weighted by atomic mass is 16.2. The first-order valence-corrected chi connectivity index (χ1v) is 8.54. The fraction of sp³-hybridized carbons (Fsp3) is 0.350. The number of fused-ring (bicyclic) bond motifs is 2. The van der Waals surface area contributed by atoms with Crippen molar-refractivity contribution < 1.29 is 4.79 Å². The molecule has 1 aromatic heterocycles. The molecule has 23 heavy (non-hydrogen) atoms. The summed E-state index contributed by atoms with van der Waals surface area (Å²) >= 11 is 0. The number of amides is 1. The predicted octanol–water partition coefficient (Wildman–Crippen LogP) is 4.26. The van der Waals surface area contributed by atoms with Gasteiger partial charge < -0.3 is 10.3 Å². The number of hydrogen-bond donors (Lipinski definition) is 2. The third-order valence-corrected chi connectivity index (χ3v) is 5.04. The minimum Gasteiger partial charge on any atom is -0.358 e. The minimum atomic E-state index is 0.000208. The Balaban J connectivity index is 1.84. The maximum atomic E-state index is 12.4. The van der Waals surface area contributed by atoms with Crippen LogP contribution in [0.3, 0.4) is 0 Å². The van der Waals surface area contributed by atoms with Gasteiger partial charge in [0, 0.05) is 22.6 Å². The molecule has 0 saturated carbocycles. The molecule has 0 unspecified atom stereocenters. The number of aromatic nitrogens is 1. The Morgan fingerprint density at radius 1 is 1.22 bits per heavy atom. The number of rotatable bonds is 2. The smallest absolute Gasteiger partial charge is 0.256 e. The van der Waals surface area contributed by atoms with Crippen molar-refractivity contribution in [3.63, 3.8) is 0 Å². The van der Waals surface area contributed by atoms with E-state index in [1.807, 2.05) is 12.1 Å². The first-order valence-electron chi connectivity index (χ1n) is 8.54. The SMILES string of the molecule is CCc1c(C=C2C(=O)Nc3ccc(C)cc32)[nH]c2c1CCCC2. The second-order valence-electron chi connectivity index (χ2n) is 6.60. The molecule has 3 nitrogen and oxygen atoms in total. The van der Waals surface area contributed by atoms with Crippen molar-refractivity contribution in [2.75, 3.05) is 5.32 Å². The van der Waals surface area contributed by atoms with Gasteiger partial charge in [-0.05, 0) is 68.4 Å². The van der Waals surface area contributed by atoms with E-state index >= 15 is 0 Å². The van der Waals surface area contributed by atoms with E-state index in [1.165, 1.54) is 41.6 Å². The molecule has 3 heteroatoms. The number of aromatic amines is 1. The first kappa shape index (κ1) is 14.3.